The van der Waals surface area contributed by atoms with E-state index in [1.165, 1.54) is 0 Å². The van der Waals surface area contributed by atoms with Crippen molar-refractivity contribution in [3.8, 4) is 0 Å². The molecule has 1 aliphatic heterocycles. The Labute approximate surface area is 106 Å². The summed E-state index contributed by atoms with van der Waals surface area (Å²) in [5.74, 6) is 0.244. The first kappa shape index (κ1) is 14.9. The summed E-state index contributed by atoms with van der Waals surface area (Å²) >= 11 is 0. The Kier molecular flexibility index (Phi) is 3.98. The molecule has 3 heteroatoms. The van der Waals surface area contributed by atoms with Gasteiger partial charge in [-0.05, 0) is 47.0 Å². The minimum absolute atomic E-state index is 0.0785. The topological polar surface area (TPSA) is 41.5 Å². The van der Waals surface area contributed by atoms with Crippen molar-refractivity contribution in [2.24, 2.45) is 5.92 Å². The highest BCUT2D eigenvalue weighted by Crippen LogP contribution is 2.37. The molecule has 0 aromatic carbocycles. The second kappa shape index (κ2) is 4.52. The minimum atomic E-state index is -0.664. The Bertz CT molecular complexity index is 269. The summed E-state index contributed by atoms with van der Waals surface area (Å²) in [4.78, 5) is 0. The van der Waals surface area contributed by atoms with E-state index in [0.29, 0.717) is 12.6 Å². The predicted octanol–water partition coefficient (Wildman–Crippen LogP) is 2.33. The van der Waals surface area contributed by atoms with Gasteiger partial charge in [-0.25, -0.2) is 0 Å². The molecule has 1 fully saturated rings. The van der Waals surface area contributed by atoms with Crippen molar-refractivity contribution in [3.05, 3.63) is 0 Å². The SMILES string of the molecule is CC(C)C(C)(O)CNC1CC(C)(C)OC1(C)C. The van der Waals surface area contributed by atoms with Crippen LogP contribution in [-0.2, 0) is 4.74 Å². The highest BCUT2D eigenvalue weighted by molar-refractivity contribution is 4.99. The van der Waals surface area contributed by atoms with E-state index in [9.17, 15) is 5.11 Å². The van der Waals surface area contributed by atoms with E-state index in [1.54, 1.807) is 0 Å². The zero-order valence-corrected chi connectivity index (χ0v) is 12.4. The largest absolute Gasteiger partial charge is 0.389 e. The van der Waals surface area contributed by atoms with Gasteiger partial charge in [0.2, 0.25) is 0 Å². The van der Waals surface area contributed by atoms with Crippen LogP contribution in [0.4, 0.5) is 0 Å². The third-order valence-corrected chi connectivity index (χ3v) is 4.02. The fourth-order valence-electron chi connectivity index (χ4n) is 2.41. The van der Waals surface area contributed by atoms with E-state index in [0.717, 1.165) is 6.42 Å². The second-order valence-corrected chi connectivity index (χ2v) is 7.11. The maximum Gasteiger partial charge on any atom is 0.0787 e. The van der Waals surface area contributed by atoms with Gasteiger partial charge in [-0.2, -0.15) is 0 Å². The predicted molar refractivity (Wildman–Crippen MR) is 71.1 cm³/mol. The molecule has 0 radical (unpaired) electrons. The molecule has 0 spiro atoms. The summed E-state index contributed by atoms with van der Waals surface area (Å²) in [6, 6.07) is 0.294. The number of nitrogens with one attached hydrogen (secondary N) is 1. The highest BCUT2D eigenvalue weighted by atomic mass is 16.5. The van der Waals surface area contributed by atoms with Crippen molar-refractivity contribution < 1.29 is 9.84 Å². The molecule has 2 atom stereocenters. The van der Waals surface area contributed by atoms with Crippen LogP contribution in [-0.4, -0.2) is 34.5 Å². The normalized spacial score (nSPS) is 30.5. The Morgan fingerprint density at radius 1 is 1.35 bits per heavy atom. The third kappa shape index (κ3) is 3.67. The van der Waals surface area contributed by atoms with E-state index >= 15 is 0 Å². The van der Waals surface area contributed by atoms with Gasteiger partial charge in [-0.3, -0.25) is 0 Å². The fraction of sp³-hybridized carbons (Fsp3) is 1.00. The molecular formula is C14H29NO2. The first-order chi connectivity index (χ1) is 7.46. The number of aliphatic hydroxyl groups is 1. The summed E-state index contributed by atoms with van der Waals surface area (Å²) in [7, 11) is 0. The van der Waals surface area contributed by atoms with Gasteiger partial charge in [0, 0.05) is 12.6 Å². The van der Waals surface area contributed by atoms with Crippen LogP contribution >= 0.6 is 0 Å². The van der Waals surface area contributed by atoms with Crippen LogP contribution in [0.1, 0.15) is 54.9 Å². The molecule has 102 valence electrons. The standard InChI is InChI=1S/C14H29NO2/c1-10(2)14(7,16)9-15-11-8-12(3,4)17-13(11,5)6/h10-11,15-16H,8-9H2,1-7H3. The van der Waals surface area contributed by atoms with Gasteiger partial charge in [0.05, 0.1) is 16.8 Å². The molecule has 1 rings (SSSR count). The first-order valence-electron chi connectivity index (χ1n) is 6.62. The summed E-state index contributed by atoms with van der Waals surface area (Å²) < 4.78 is 6.03. The zero-order chi connectivity index (χ0) is 13.5. The van der Waals surface area contributed by atoms with Crippen molar-refractivity contribution in [3.63, 3.8) is 0 Å². The second-order valence-electron chi connectivity index (χ2n) is 7.11. The average molecular weight is 243 g/mol. The average Bonchev–Trinajstić information content (AvgIpc) is 2.30. The molecule has 0 aromatic rings. The lowest BCUT2D eigenvalue weighted by Gasteiger charge is -2.33. The van der Waals surface area contributed by atoms with Crippen LogP contribution in [0.25, 0.3) is 0 Å². The van der Waals surface area contributed by atoms with Crippen molar-refractivity contribution >= 4 is 0 Å². The molecule has 17 heavy (non-hydrogen) atoms. The lowest BCUT2D eigenvalue weighted by atomic mass is 9.90. The molecule has 0 aromatic heterocycles. The Hall–Kier alpha value is -0.120. The van der Waals surface area contributed by atoms with E-state index in [4.69, 9.17) is 4.74 Å². The number of hydrogen-bond acceptors (Lipinski definition) is 3. The summed E-state index contributed by atoms with van der Waals surface area (Å²) in [5.41, 5.74) is -0.912. The van der Waals surface area contributed by atoms with Crippen LogP contribution in [0.5, 0.6) is 0 Å². The molecule has 0 bridgehead atoms. The molecule has 1 aliphatic rings. The summed E-state index contributed by atoms with van der Waals surface area (Å²) in [5, 5.41) is 13.7. The third-order valence-electron chi connectivity index (χ3n) is 4.02. The molecule has 1 heterocycles. The first-order valence-corrected chi connectivity index (χ1v) is 6.62. The molecule has 2 N–H and O–H groups in total. The Morgan fingerprint density at radius 3 is 2.24 bits per heavy atom. The van der Waals surface area contributed by atoms with Gasteiger partial charge in [0.25, 0.3) is 0 Å². The van der Waals surface area contributed by atoms with E-state index in [1.807, 2.05) is 20.8 Å². The number of rotatable bonds is 4. The van der Waals surface area contributed by atoms with E-state index in [-0.39, 0.29) is 17.1 Å². The van der Waals surface area contributed by atoms with Crippen LogP contribution in [0.2, 0.25) is 0 Å². The van der Waals surface area contributed by atoms with Crippen LogP contribution in [0.3, 0.4) is 0 Å². The van der Waals surface area contributed by atoms with Crippen molar-refractivity contribution in [2.75, 3.05) is 6.54 Å². The van der Waals surface area contributed by atoms with Gasteiger partial charge in [-0.1, -0.05) is 13.8 Å². The summed E-state index contributed by atoms with van der Waals surface area (Å²) in [6.07, 6.45) is 0.980. The quantitative estimate of drug-likeness (QED) is 0.796. The minimum Gasteiger partial charge on any atom is -0.389 e. The maximum atomic E-state index is 10.2. The van der Waals surface area contributed by atoms with Gasteiger partial charge in [0.1, 0.15) is 0 Å². The van der Waals surface area contributed by atoms with Crippen molar-refractivity contribution in [1.82, 2.24) is 5.32 Å². The lowest BCUT2D eigenvalue weighted by molar-refractivity contribution is -0.0717. The zero-order valence-electron chi connectivity index (χ0n) is 12.4. The highest BCUT2D eigenvalue weighted by Gasteiger charge is 2.46. The van der Waals surface area contributed by atoms with Gasteiger partial charge in [-0.15, -0.1) is 0 Å². The molecule has 3 nitrogen and oxygen atoms in total. The van der Waals surface area contributed by atoms with Crippen molar-refractivity contribution in [1.29, 1.82) is 0 Å². The fourth-order valence-corrected chi connectivity index (χ4v) is 2.41. The Balaban J connectivity index is 2.59. The molecule has 0 saturated carbocycles. The summed E-state index contributed by atoms with van der Waals surface area (Å²) in [6.45, 7) is 15.1. The number of ether oxygens (including phenoxy) is 1. The smallest absolute Gasteiger partial charge is 0.0787 e. The van der Waals surface area contributed by atoms with Crippen LogP contribution < -0.4 is 5.32 Å². The molecule has 0 amide bonds. The van der Waals surface area contributed by atoms with E-state index < -0.39 is 5.60 Å². The Morgan fingerprint density at radius 2 is 1.88 bits per heavy atom. The molecule has 1 saturated heterocycles. The molecule has 0 aliphatic carbocycles. The van der Waals surface area contributed by atoms with E-state index in [2.05, 4.69) is 33.0 Å². The number of hydrogen-bond donors (Lipinski definition) is 2. The van der Waals surface area contributed by atoms with Gasteiger partial charge < -0.3 is 15.2 Å². The van der Waals surface area contributed by atoms with Crippen LogP contribution in [0.15, 0.2) is 0 Å². The molecule has 2 unspecified atom stereocenters. The van der Waals surface area contributed by atoms with Gasteiger partial charge in [0.15, 0.2) is 0 Å². The lowest BCUT2D eigenvalue weighted by Crippen LogP contribution is -2.50. The monoisotopic (exact) mass is 243 g/mol. The van der Waals surface area contributed by atoms with Gasteiger partial charge >= 0.3 is 0 Å². The molecular weight excluding hydrogens is 214 g/mol. The maximum absolute atomic E-state index is 10.2. The van der Waals surface area contributed by atoms with Crippen molar-refractivity contribution in [2.45, 2.75) is 77.7 Å². The van der Waals surface area contributed by atoms with Crippen LogP contribution in [0, 0.1) is 5.92 Å².